The number of hydrogen-bond donors (Lipinski definition) is 1. The first-order chi connectivity index (χ1) is 7.58. The van der Waals surface area contributed by atoms with Crippen LogP contribution in [0.1, 0.15) is 16.7 Å². The van der Waals surface area contributed by atoms with Crippen molar-refractivity contribution in [2.45, 2.75) is 20.8 Å². The number of nitrogens with one attached hydrogen (secondary N) is 1. The maximum atomic E-state index is 5.05. The van der Waals surface area contributed by atoms with Gasteiger partial charge in [-0.05, 0) is 61.3 Å². The minimum Gasteiger partial charge on any atom is -0.330 e. The highest BCUT2D eigenvalue weighted by Crippen LogP contribution is 2.22. The van der Waals surface area contributed by atoms with Crippen molar-refractivity contribution in [3.63, 3.8) is 0 Å². The van der Waals surface area contributed by atoms with E-state index in [0.717, 1.165) is 16.8 Å². The number of aromatic amines is 1. The van der Waals surface area contributed by atoms with E-state index in [9.17, 15) is 0 Å². The smallest absolute Gasteiger partial charge is 0.197 e. The second-order valence-electron chi connectivity index (χ2n) is 4.05. The molecule has 0 atom stereocenters. The molecule has 0 radical (unpaired) electrons. The van der Waals surface area contributed by atoms with Crippen LogP contribution in [0, 0.1) is 25.5 Å². The molecule has 82 valence electrons. The Labute approximate surface area is 100 Å². The van der Waals surface area contributed by atoms with Crippen LogP contribution in [0.25, 0.3) is 11.3 Å². The molecule has 0 aliphatic carbocycles. The molecule has 0 aliphatic heterocycles. The van der Waals surface area contributed by atoms with Crippen LogP contribution >= 0.6 is 12.2 Å². The van der Waals surface area contributed by atoms with E-state index < -0.39 is 0 Å². The van der Waals surface area contributed by atoms with Crippen LogP contribution in [0.2, 0.25) is 0 Å². The van der Waals surface area contributed by atoms with Crippen molar-refractivity contribution in [1.29, 1.82) is 0 Å². The highest BCUT2D eigenvalue weighted by atomic mass is 32.1. The van der Waals surface area contributed by atoms with Gasteiger partial charge in [0.15, 0.2) is 4.77 Å². The summed E-state index contributed by atoms with van der Waals surface area (Å²) < 4.78 is 0.527. The third kappa shape index (κ3) is 2.04. The Kier molecular flexibility index (Phi) is 2.88. The van der Waals surface area contributed by atoms with Gasteiger partial charge in [-0.3, -0.25) is 0 Å². The Morgan fingerprint density at radius 2 is 1.81 bits per heavy atom. The lowest BCUT2D eigenvalue weighted by Gasteiger charge is -2.08. The van der Waals surface area contributed by atoms with E-state index in [1.54, 1.807) is 0 Å². The van der Waals surface area contributed by atoms with Crippen molar-refractivity contribution in [3.05, 3.63) is 45.9 Å². The first kappa shape index (κ1) is 11.0. The van der Waals surface area contributed by atoms with E-state index in [2.05, 4.69) is 42.0 Å². The lowest BCUT2D eigenvalue weighted by molar-refractivity contribution is 1.10. The zero-order chi connectivity index (χ0) is 11.7. The monoisotopic (exact) mass is 230 g/mol. The van der Waals surface area contributed by atoms with Crippen molar-refractivity contribution in [2.75, 3.05) is 0 Å². The Morgan fingerprint density at radius 1 is 1.06 bits per heavy atom. The molecule has 0 fully saturated rings. The van der Waals surface area contributed by atoms with E-state index in [0.29, 0.717) is 4.77 Å². The number of hydrogen-bond acceptors (Lipinski definition) is 2. The average Bonchev–Trinajstić information content (AvgIpc) is 2.26. The van der Waals surface area contributed by atoms with Gasteiger partial charge in [0.2, 0.25) is 0 Å². The molecule has 1 aromatic carbocycles. The molecule has 0 aliphatic rings. The molecule has 16 heavy (non-hydrogen) atoms. The molecule has 0 bridgehead atoms. The Morgan fingerprint density at radius 3 is 2.50 bits per heavy atom. The molecular formula is C13H14N2S. The summed E-state index contributed by atoms with van der Waals surface area (Å²) in [7, 11) is 0. The molecule has 1 heterocycles. The minimum absolute atomic E-state index is 0.527. The van der Waals surface area contributed by atoms with Gasteiger partial charge in [-0.1, -0.05) is 12.1 Å². The average molecular weight is 230 g/mol. The fraction of sp³-hybridized carbons (Fsp3) is 0.231. The zero-order valence-corrected chi connectivity index (χ0v) is 10.5. The number of aromatic nitrogens is 2. The van der Waals surface area contributed by atoms with Gasteiger partial charge in [-0.15, -0.1) is 0 Å². The molecule has 0 amide bonds. The highest BCUT2D eigenvalue weighted by molar-refractivity contribution is 7.71. The Balaban J connectivity index is 2.62. The van der Waals surface area contributed by atoms with Crippen LogP contribution in [0.15, 0.2) is 24.4 Å². The van der Waals surface area contributed by atoms with Crippen molar-refractivity contribution in [2.24, 2.45) is 0 Å². The molecule has 0 unspecified atom stereocenters. The fourth-order valence-corrected chi connectivity index (χ4v) is 1.81. The van der Waals surface area contributed by atoms with Gasteiger partial charge >= 0.3 is 0 Å². The summed E-state index contributed by atoms with van der Waals surface area (Å²) in [6.45, 7) is 6.26. The van der Waals surface area contributed by atoms with Gasteiger partial charge in [-0.2, -0.15) is 0 Å². The maximum absolute atomic E-state index is 5.05. The molecule has 2 nitrogen and oxygen atoms in total. The summed E-state index contributed by atoms with van der Waals surface area (Å²) >= 11 is 5.05. The second-order valence-corrected chi connectivity index (χ2v) is 4.43. The van der Waals surface area contributed by atoms with E-state index >= 15 is 0 Å². The first-order valence-corrected chi connectivity index (χ1v) is 5.62. The van der Waals surface area contributed by atoms with Crippen molar-refractivity contribution in [3.8, 4) is 11.3 Å². The highest BCUT2D eigenvalue weighted by Gasteiger charge is 2.03. The van der Waals surface area contributed by atoms with Crippen LogP contribution in [0.5, 0.6) is 0 Å². The summed E-state index contributed by atoms with van der Waals surface area (Å²) in [6.07, 6.45) is 1.81. The lowest BCUT2D eigenvalue weighted by Crippen LogP contribution is -1.92. The van der Waals surface area contributed by atoms with Crippen LogP contribution in [-0.2, 0) is 0 Å². The van der Waals surface area contributed by atoms with Crippen LogP contribution in [0.4, 0.5) is 0 Å². The Hall–Kier alpha value is -1.48. The summed E-state index contributed by atoms with van der Waals surface area (Å²) in [5.74, 6) is 0. The standard InChI is InChI=1S/C13H14N2S/c1-8-4-5-11(6-9(8)2)12-10(3)7-14-13(16)15-12/h4-7H,1-3H3,(H,14,15,16). The van der Waals surface area contributed by atoms with Crippen molar-refractivity contribution >= 4 is 12.2 Å². The quantitative estimate of drug-likeness (QED) is 0.756. The van der Waals surface area contributed by atoms with Crippen LogP contribution in [-0.4, -0.2) is 9.97 Å². The predicted octanol–water partition coefficient (Wildman–Crippen LogP) is 3.73. The molecule has 3 heteroatoms. The molecule has 2 aromatic rings. The molecule has 0 saturated carbocycles. The normalized spacial score (nSPS) is 10.4. The molecule has 1 aromatic heterocycles. The molecular weight excluding hydrogens is 216 g/mol. The largest absolute Gasteiger partial charge is 0.330 e. The van der Waals surface area contributed by atoms with Crippen LogP contribution in [0.3, 0.4) is 0 Å². The third-order valence-electron chi connectivity index (χ3n) is 2.80. The molecule has 0 spiro atoms. The molecule has 2 rings (SSSR count). The van der Waals surface area contributed by atoms with Crippen molar-refractivity contribution in [1.82, 2.24) is 9.97 Å². The summed E-state index contributed by atoms with van der Waals surface area (Å²) in [4.78, 5) is 7.21. The SMILES string of the molecule is Cc1ccc(-c2[nH]c(=S)ncc2C)cc1C. The summed E-state index contributed by atoms with van der Waals surface area (Å²) in [5, 5.41) is 0. The number of rotatable bonds is 1. The number of H-pyrrole nitrogens is 1. The van der Waals surface area contributed by atoms with Gasteiger partial charge in [0.05, 0.1) is 5.69 Å². The number of benzene rings is 1. The number of nitrogens with zero attached hydrogens (tertiary/aromatic N) is 1. The molecule has 0 saturated heterocycles. The minimum atomic E-state index is 0.527. The summed E-state index contributed by atoms with van der Waals surface area (Å²) in [5.41, 5.74) is 5.91. The first-order valence-electron chi connectivity index (χ1n) is 5.21. The van der Waals surface area contributed by atoms with Gasteiger partial charge in [-0.25, -0.2) is 4.98 Å². The van der Waals surface area contributed by atoms with E-state index in [4.69, 9.17) is 12.2 Å². The van der Waals surface area contributed by atoms with Gasteiger partial charge in [0, 0.05) is 6.20 Å². The third-order valence-corrected chi connectivity index (χ3v) is 3.00. The van der Waals surface area contributed by atoms with E-state index in [1.807, 2.05) is 13.1 Å². The fourth-order valence-electron chi connectivity index (χ4n) is 1.65. The van der Waals surface area contributed by atoms with Crippen LogP contribution < -0.4 is 0 Å². The van der Waals surface area contributed by atoms with Gasteiger partial charge in [0.25, 0.3) is 0 Å². The predicted molar refractivity (Wildman–Crippen MR) is 69.1 cm³/mol. The summed E-state index contributed by atoms with van der Waals surface area (Å²) in [6, 6.07) is 6.40. The zero-order valence-electron chi connectivity index (χ0n) is 9.66. The molecule has 1 N–H and O–H groups in total. The van der Waals surface area contributed by atoms with Crippen molar-refractivity contribution < 1.29 is 0 Å². The lowest BCUT2D eigenvalue weighted by atomic mass is 10.0. The van der Waals surface area contributed by atoms with E-state index in [1.165, 1.54) is 11.1 Å². The second kappa shape index (κ2) is 4.18. The van der Waals surface area contributed by atoms with E-state index in [-0.39, 0.29) is 0 Å². The van der Waals surface area contributed by atoms with Gasteiger partial charge in [0.1, 0.15) is 0 Å². The topological polar surface area (TPSA) is 28.7 Å². The Bertz CT molecular complexity index is 585. The number of aryl methyl sites for hydroxylation is 3. The van der Waals surface area contributed by atoms with Gasteiger partial charge < -0.3 is 4.98 Å². The maximum Gasteiger partial charge on any atom is 0.197 e.